The number of H-pyrrole nitrogens is 1. The van der Waals surface area contributed by atoms with Gasteiger partial charge in [0.25, 0.3) is 0 Å². The van der Waals surface area contributed by atoms with E-state index in [1.807, 2.05) is 18.2 Å². The van der Waals surface area contributed by atoms with Gasteiger partial charge in [-0.05, 0) is 60.7 Å². The molecule has 4 rings (SSSR count). The van der Waals surface area contributed by atoms with Crippen molar-refractivity contribution in [2.45, 2.75) is 24.2 Å². The average molecular weight is 323 g/mol. The van der Waals surface area contributed by atoms with Gasteiger partial charge >= 0.3 is 0 Å². The summed E-state index contributed by atoms with van der Waals surface area (Å²) in [5.41, 5.74) is 4.68. The van der Waals surface area contributed by atoms with Crippen LogP contribution in [0.5, 0.6) is 0 Å². The molecule has 0 atom stereocenters. The Bertz CT molecular complexity index is 872. The highest BCUT2D eigenvalue weighted by Gasteiger charge is 2.11. The van der Waals surface area contributed by atoms with Gasteiger partial charge in [-0.1, -0.05) is 6.07 Å². The van der Waals surface area contributed by atoms with Crippen LogP contribution in [0, 0.1) is 0 Å². The quantitative estimate of drug-likeness (QED) is 0.718. The molecule has 3 aromatic rings. The van der Waals surface area contributed by atoms with E-state index in [0.717, 1.165) is 16.6 Å². The van der Waals surface area contributed by atoms with Crippen LogP contribution in [0.25, 0.3) is 10.9 Å². The summed E-state index contributed by atoms with van der Waals surface area (Å²) in [6.45, 7) is 0. The van der Waals surface area contributed by atoms with E-state index in [1.165, 1.54) is 35.3 Å². The summed E-state index contributed by atoms with van der Waals surface area (Å²) in [5, 5.41) is 10.8. The molecule has 0 spiro atoms. The molecule has 0 saturated heterocycles. The number of thioether (sulfide) groups is 1. The van der Waals surface area contributed by atoms with Gasteiger partial charge in [0.2, 0.25) is 5.91 Å². The number of amides is 1. The summed E-state index contributed by atoms with van der Waals surface area (Å²) in [7, 11) is 0. The van der Waals surface area contributed by atoms with Crippen molar-refractivity contribution in [2.75, 3.05) is 11.1 Å². The van der Waals surface area contributed by atoms with E-state index in [9.17, 15) is 4.79 Å². The normalized spacial score (nSPS) is 13.2. The number of carbonyl (C=O) groups is 1. The minimum Gasteiger partial charge on any atom is -0.325 e. The Kier molecular flexibility index (Phi) is 3.79. The van der Waals surface area contributed by atoms with Crippen molar-refractivity contribution in [1.29, 1.82) is 0 Å². The third kappa shape index (κ3) is 3.10. The lowest BCUT2D eigenvalue weighted by molar-refractivity contribution is -0.113. The van der Waals surface area contributed by atoms with Crippen LogP contribution in [0.4, 0.5) is 5.69 Å². The van der Waals surface area contributed by atoms with Gasteiger partial charge in [0.15, 0.2) is 0 Å². The van der Waals surface area contributed by atoms with Crippen LogP contribution in [0.1, 0.15) is 17.5 Å². The van der Waals surface area contributed by atoms with Crippen LogP contribution in [0.3, 0.4) is 0 Å². The zero-order chi connectivity index (χ0) is 15.6. The average Bonchev–Trinajstić information content (AvgIpc) is 3.20. The zero-order valence-corrected chi connectivity index (χ0v) is 13.5. The molecule has 1 aliphatic rings. The number of nitrogens with one attached hydrogen (secondary N) is 2. The number of benzene rings is 2. The predicted molar refractivity (Wildman–Crippen MR) is 93.9 cm³/mol. The Hall–Kier alpha value is -2.27. The lowest BCUT2D eigenvalue weighted by atomic mass is 10.1. The first-order valence-electron chi connectivity index (χ1n) is 7.75. The Morgan fingerprint density at radius 3 is 3.04 bits per heavy atom. The molecule has 0 aliphatic heterocycles. The Labute approximate surface area is 138 Å². The topological polar surface area (TPSA) is 57.8 Å². The molecule has 0 radical (unpaired) electrons. The van der Waals surface area contributed by atoms with E-state index >= 15 is 0 Å². The molecule has 0 fully saturated rings. The molecule has 2 N–H and O–H groups in total. The molecule has 1 aromatic heterocycles. The fourth-order valence-electron chi connectivity index (χ4n) is 3.00. The van der Waals surface area contributed by atoms with Crippen molar-refractivity contribution >= 4 is 34.3 Å². The van der Waals surface area contributed by atoms with Crippen LogP contribution in [-0.2, 0) is 17.6 Å². The second-order valence-electron chi connectivity index (χ2n) is 5.79. The summed E-state index contributed by atoms with van der Waals surface area (Å²) < 4.78 is 0. The fraction of sp³-hybridized carbons (Fsp3) is 0.222. The molecule has 116 valence electrons. The van der Waals surface area contributed by atoms with E-state index in [0.29, 0.717) is 5.75 Å². The lowest BCUT2D eigenvalue weighted by Gasteiger charge is -2.07. The number of anilines is 1. The number of aromatic nitrogens is 2. The molecule has 2 aromatic carbocycles. The smallest absolute Gasteiger partial charge is 0.234 e. The first-order valence-corrected chi connectivity index (χ1v) is 8.74. The highest BCUT2D eigenvalue weighted by atomic mass is 32.2. The highest BCUT2D eigenvalue weighted by molar-refractivity contribution is 8.00. The van der Waals surface area contributed by atoms with Crippen molar-refractivity contribution in [3.8, 4) is 0 Å². The van der Waals surface area contributed by atoms with Crippen LogP contribution in [0.2, 0.25) is 0 Å². The van der Waals surface area contributed by atoms with Crippen molar-refractivity contribution in [1.82, 2.24) is 10.2 Å². The molecule has 1 heterocycles. The molecule has 0 bridgehead atoms. The monoisotopic (exact) mass is 323 g/mol. The molecular formula is C18H17N3OS. The number of aryl methyl sites for hydroxylation is 2. The molecular weight excluding hydrogens is 306 g/mol. The van der Waals surface area contributed by atoms with Gasteiger partial charge in [0.1, 0.15) is 0 Å². The molecule has 0 unspecified atom stereocenters. The Morgan fingerprint density at radius 1 is 1.17 bits per heavy atom. The van der Waals surface area contributed by atoms with Crippen molar-refractivity contribution in [3.63, 3.8) is 0 Å². The van der Waals surface area contributed by atoms with Gasteiger partial charge in [-0.3, -0.25) is 9.89 Å². The molecule has 0 saturated carbocycles. The maximum atomic E-state index is 12.1. The van der Waals surface area contributed by atoms with Crippen LogP contribution < -0.4 is 5.32 Å². The number of fused-ring (bicyclic) bond motifs is 2. The maximum Gasteiger partial charge on any atom is 0.234 e. The van der Waals surface area contributed by atoms with Crippen LogP contribution in [0.15, 0.2) is 47.5 Å². The molecule has 4 nitrogen and oxygen atoms in total. The SMILES string of the molecule is O=C(CSc1ccc2c(c1)CCC2)Nc1ccc2[nH]ncc2c1. The summed E-state index contributed by atoms with van der Waals surface area (Å²) >= 11 is 1.59. The summed E-state index contributed by atoms with van der Waals surface area (Å²) in [4.78, 5) is 13.3. The van der Waals surface area contributed by atoms with Gasteiger partial charge in [-0.25, -0.2) is 0 Å². The molecule has 1 aliphatic carbocycles. The third-order valence-corrected chi connectivity index (χ3v) is 5.16. The van der Waals surface area contributed by atoms with Gasteiger partial charge in [0.05, 0.1) is 17.5 Å². The minimum atomic E-state index is 0.0124. The minimum absolute atomic E-state index is 0.0124. The van der Waals surface area contributed by atoms with Crippen molar-refractivity contribution < 1.29 is 4.79 Å². The van der Waals surface area contributed by atoms with Gasteiger partial charge in [-0.15, -0.1) is 11.8 Å². The van der Waals surface area contributed by atoms with Gasteiger partial charge in [-0.2, -0.15) is 5.10 Å². The second kappa shape index (κ2) is 6.08. The Morgan fingerprint density at radius 2 is 2.09 bits per heavy atom. The van der Waals surface area contributed by atoms with E-state index in [1.54, 1.807) is 18.0 Å². The molecule has 23 heavy (non-hydrogen) atoms. The Balaban J connectivity index is 1.38. The first kappa shape index (κ1) is 14.3. The second-order valence-corrected chi connectivity index (χ2v) is 6.84. The number of hydrogen-bond donors (Lipinski definition) is 2. The highest BCUT2D eigenvalue weighted by Crippen LogP contribution is 2.27. The van der Waals surface area contributed by atoms with Crippen molar-refractivity contribution in [3.05, 3.63) is 53.7 Å². The number of nitrogens with zero attached hydrogens (tertiary/aromatic N) is 1. The number of hydrogen-bond acceptors (Lipinski definition) is 3. The summed E-state index contributed by atoms with van der Waals surface area (Å²) in [6, 6.07) is 12.3. The van der Waals surface area contributed by atoms with E-state index < -0.39 is 0 Å². The number of rotatable bonds is 4. The van der Waals surface area contributed by atoms with Gasteiger partial charge in [0, 0.05) is 16.0 Å². The summed E-state index contributed by atoms with van der Waals surface area (Å²) in [5.74, 6) is 0.431. The third-order valence-electron chi connectivity index (χ3n) is 4.16. The van der Waals surface area contributed by atoms with Gasteiger partial charge < -0.3 is 5.32 Å². The van der Waals surface area contributed by atoms with E-state index in [2.05, 4.69) is 33.7 Å². The van der Waals surface area contributed by atoms with E-state index in [4.69, 9.17) is 0 Å². The lowest BCUT2D eigenvalue weighted by Crippen LogP contribution is -2.13. The fourth-order valence-corrected chi connectivity index (χ4v) is 3.76. The predicted octanol–water partition coefficient (Wildman–Crippen LogP) is 3.78. The van der Waals surface area contributed by atoms with Crippen LogP contribution in [-0.4, -0.2) is 21.9 Å². The standard InChI is InChI=1S/C18H17N3OS/c22-18(20-15-5-7-17-14(8-15)10-19-21-17)11-23-16-6-4-12-2-1-3-13(12)9-16/h4-10H,1-3,11H2,(H,19,21)(H,20,22). The molecule has 5 heteroatoms. The number of aromatic amines is 1. The largest absolute Gasteiger partial charge is 0.325 e. The zero-order valence-electron chi connectivity index (χ0n) is 12.6. The first-order chi connectivity index (χ1) is 11.3. The van der Waals surface area contributed by atoms with Crippen molar-refractivity contribution in [2.24, 2.45) is 0 Å². The maximum absolute atomic E-state index is 12.1. The number of carbonyl (C=O) groups excluding carboxylic acids is 1. The summed E-state index contributed by atoms with van der Waals surface area (Å²) in [6.07, 6.45) is 5.36. The van der Waals surface area contributed by atoms with Crippen LogP contribution >= 0.6 is 11.8 Å². The van der Waals surface area contributed by atoms with E-state index in [-0.39, 0.29) is 5.91 Å². The molecule has 1 amide bonds.